The smallest absolute Gasteiger partial charge is 0.329 e. The second kappa shape index (κ2) is 13.0. The number of aliphatic hydroxyl groups excluding tert-OH is 1. The molecule has 216 valence electrons. The van der Waals surface area contributed by atoms with Gasteiger partial charge in [0, 0.05) is 26.7 Å². The highest BCUT2D eigenvalue weighted by atomic mass is 16.7. The Bertz CT molecular complexity index is 892. The van der Waals surface area contributed by atoms with Crippen LogP contribution >= 0.6 is 0 Å². The summed E-state index contributed by atoms with van der Waals surface area (Å²) in [5.74, 6) is -5.32. The molecule has 1 amide bonds. The maximum atomic E-state index is 13.3. The van der Waals surface area contributed by atoms with Gasteiger partial charge < -0.3 is 34.1 Å². The number of piperidine rings is 1. The third-order valence-corrected chi connectivity index (χ3v) is 8.53. The van der Waals surface area contributed by atoms with Gasteiger partial charge in [0.1, 0.15) is 12.1 Å². The number of amides is 1. The van der Waals surface area contributed by atoms with Crippen LogP contribution in [0.4, 0.5) is 0 Å². The van der Waals surface area contributed by atoms with Crippen molar-refractivity contribution in [1.29, 1.82) is 0 Å². The van der Waals surface area contributed by atoms with Crippen molar-refractivity contribution < 1.29 is 43.5 Å². The van der Waals surface area contributed by atoms with Crippen molar-refractivity contribution in [3.8, 4) is 0 Å². The molecule has 2 N–H and O–H groups in total. The first kappa shape index (κ1) is 30.7. The van der Waals surface area contributed by atoms with Crippen molar-refractivity contribution in [2.24, 2.45) is 11.8 Å². The number of likely N-dealkylation sites (tertiary alicyclic amines) is 1. The average Bonchev–Trinajstić information content (AvgIpc) is 2.90. The Morgan fingerprint density at radius 3 is 2.39 bits per heavy atom. The molecule has 3 fully saturated rings. The van der Waals surface area contributed by atoms with Gasteiger partial charge in [0.25, 0.3) is 11.7 Å². The topological polar surface area (TPSA) is 132 Å². The molecule has 2 saturated heterocycles. The van der Waals surface area contributed by atoms with Gasteiger partial charge in [-0.25, -0.2) is 4.79 Å². The monoisotopic (exact) mass is 539 g/mol. The SMILES string of the molecule is COC1CC(C)C(O)(C(=O)C(=O)N2CCCCC2C(=O)OC(C)/C(C)=C/C2CC[C@H](O)C(OC)C2)OC1C. The van der Waals surface area contributed by atoms with E-state index >= 15 is 0 Å². The zero-order valence-corrected chi connectivity index (χ0v) is 23.6. The molecular weight excluding hydrogens is 494 g/mol. The van der Waals surface area contributed by atoms with Crippen molar-refractivity contribution >= 4 is 17.7 Å². The summed E-state index contributed by atoms with van der Waals surface area (Å²) in [6, 6.07) is -0.912. The van der Waals surface area contributed by atoms with E-state index in [1.807, 2.05) is 6.92 Å². The summed E-state index contributed by atoms with van der Waals surface area (Å²) < 4.78 is 22.1. The summed E-state index contributed by atoms with van der Waals surface area (Å²) in [7, 11) is 3.13. The Labute approximate surface area is 225 Å². The molecule has 2 heterocycles. The molecule has 8 unspecified atom stereocenters. The van der Waals surface area contributed by atoms with Gasteiger partial charge in [-0.3, -0.25) is 9.59 Å². The molecule has 0 spiro atoms. The number of rotatable bonds is 8. The maximum absolute atomic E-state index is 13.3. The van der Waals surface area contributed by atoms with Crippen LogP contribution in [0.25, 0.3) is 0 Å². The minimum absolute atomic E-state index is 0.202. The fourth-order valence-corrected chi connectivity index (χ4v) is 5.85. The van der Waals surface area contributed by atoms with Crippen LogP contribution in [0, 0.1) is 11.8 Å². The molecule has 0 aromatic rings. The van der Waals surface area contributed by atoms with Crippen LogP contribution < -0.4 is 0 Å². The fraction of sp³-hybridized carbons (Fsp3) is 0.821. The minimum Gasteiger partial charge on any atom is -0.457 e. The summed E-state index contributed by atoms with van der Waals surface area (Å²) in [5.41, 5.74) is 0.875. The largest absolute Gasteiger partial charge is 0.457 e. The average molecular weight is 540 g/mol. The standard InChI is InChI=1S/C28H45NO9/c1-16(13-20-10-11-22(30)24(15-20)36-6)18(3)37-27(33)21-9-7-8-12-29(21)26(32)25(31)28(34)17(2)14-23(35-5)19(4)38-28/h13,17-24,30,34H,7-12,14-15H2,1-6H3/b16-13+/t17?,18?,19?,20?,21?,22-,23?,24?,28?/m0/s1. The summed E-state index contributed by atoms with van der Waals surface area (Å²) in [5, 5.41) is 21.2. The van der Waals surface area contributed by atoms with Gasteiger partial charge in [0.2, 0.25) is 5.79 Å². The third-order valence-electron chi connectivity index (χ3n) is 8.53. The lowest BCUT2D eigenvalue weighted by Gasteiger charge is -2.44. The van der Waals surface area contributed by atoms with E-state index in [1.165, 1.54) is 12.0 Å². The van der Waals surface area contributed by atoms with Gasteiger partial charge in [-0.2, -0.15) is 0 Å². The molecule has 0 aromatic carbocycles. The van der Waals surface area contributed by atoms with Crippen molar-refractivity contribution in [3.05, 3.63) is 11.6 Å². The van der Waals surface area contributed by atoms with Crippen molar-refractivity contribution in [1.82, 2.24) is 4.90 Å². The van der Waals surface area contributed by atoms with E-state index in [-0.39, 0.29) is 24.7 Å². The second-order valence-corrected chi connectivity index (χ2v) is 11.2. The minimum atomic E-state index is -2.28. The summed E-state index contributed by atoms with van der Waals surface area (Å²) >= 11 is 0. The summed E-state index contributed by atoms with van der Waals surface area (Å²) in [4.78, 5) is 41.1. The van der Waals surface area contributed by atoms with Crippen LogP contribution in [0.1, 0.15) is 72.6 Å². The number of hydrogen-bond donors (Lipinski definition) is 2. The number of hydrogen-bond acceptors (Lipinski definition) is 9. The quantitative estimate of drug-likeness (QED) is 0.270. The van der Waals surface area contributed by atoms with Crippen LogP contribution in [0.5, 0.6) is 0 Å². The molecule has 3 aliphatic rings. The first-order chi connectivity index (χ1) is 17.9. The Kier molecular flexibility index (Phi) is 10.5. The molecule has 1 aliphatic carbocycles. The van der Waals surface area contributed by atoms with E-state index in [9.17, 15) is 24.6 Å². The van der Waals surface area contributed by atoms with Gasteiger partial charge in [-0.15, -0.1) is 0 Å². The third kappa shape index (κ3) is 6.65. The Balaban J connectivity index is 1.67. The lowest BCUT2D eigenvalue weighted by Crippen LogP contribution is -2.62. The highest BCUT2D eigenvalue weighted by Gasteiger charge is 2.54. The van der Waals surface area contributed by atoms with Crippen LogP contribution in [0.3, 0.4) is 0 Å². The van der Waals surface area contributed by atoms with E-state index in [0.717, 1.165) is 12.0 Å². The summed E-state index contributed by atoms with van der Waals surface area (Å²) in [6.07, 6.45) is 4.21. The first-order valence-electron chi connectivity index (χ1n) is 13.8. The molecular formula is C28H45NO9. The fourth-order valence-electron chi connectivity index (χ4n) is 5.85. The number of esters is 1. The Morgan fingerprint density at radius 1 is 1.05 bits per heavy atom. The highest BCUT2D eigenvalue weighted by Crippen LogP contribution is 2.35. The Hall–Kier alpha value is -1.85. The van der Waals surface area contributed by atoms with E-state index in [0.29, 0.717) is 38.5 Å². The van der Waals surface area contributed by atoms with Crippen LogP contribution in [0.2, 0.25) is 0 Å². The number of aliphatic hydroxyl groups is 2. The number of ether oxygens (including phenoxy) is 4. The predicted octanol–water partition coefficient (Wildman–Crippen LogP) is 2.14. The van der Waals surface area contributed by atoms with Crippen LogP contribution in [-0.2, 0) is 33.3 Å². The zero-order chi connectivity index (χ0) is 28.2. The highest BCUT2D eigenvalue weighted by molar-refractivity contribution is 6.39. The molecule has 0 bridgehead atoms. The number of methoxy groups -OCH3 is 2. The van der Waals surface area contributed by atoms with Gasteiger partial charge in [-0.05, 0) is 77.2 Å². The molecule has 10 heteroatoms. The van der Waals surface area contributed by atoms with E-state index in [2.05, 4.69) is 6.08 Å². The molecule has 2 aliphatic heterocycles. The molecule has 1 saturated carbocycles. The molecule has 9 atom stereocenters. The lowest BCUT2D eigenvalue weighted by molar-refractivity contribution is -0.282. The normalized spacial score (nSPS) is 37.4. The molecule has 38 heavy (non-hydrogen) atoms. The lowest BCUT2D eigenvalue weighted by atomic mass is 9.84. The van der Waals surface area contributed by atoms with Gasteiger partial charge in [0.15, 0.2) is 0 Å². The number of allylic oxidation sites excluding steroid dienone is 1. The van der Waals surface area contributed by atoms with Crippen LogP contribution in [-0.4, -0.2) is 95.9 Å². The number of carbonyl (C=O) groups excluding carboxylic acids is 3. The number of nitrogens with zero attached hydrogens (tertiary/aromatic N) is 1. The molecule has 0 radical (unpaired) electrons. The number of carbonyl (C=O) groups is 3. The van der Waals surface area contributed by atoms with Gasteiger partial charge in [0.05, 0.1) is 24.4 Å². The number of ketones is 1. The maximum Gasteiger partial charge on any atom is 0.329 e. The molecule has 3 rings (SSSR count). The van der Waals surface area contributed by atoms with Crippen molar-refractivity contribution in [3.63, 3.8) is 0 Å². The van der Waals surface area contributed by atoms with E-state index in [4.69, 9.17) is 18.9 Å². The van der Waals surface area contributed by atoms with Gasteiger partial charge in [-0.1, -0.05) is 13.0 Å². The number of Topliss-reactive ketones (excluding diaryl/α,β-unsaturated/α-hetero) is 1. The summed E-state index contributed by atoms with van der Waals surface area (Å²) in [6.45, 7) is 7.22. The molecule has 10 nitrogen and oxygen atoms in total. The Morgan fingerprint density at radius 2 is 1.74 bits per heavy atom. The van der Waals surface area contributed by atoms with Crippen molar-refractivity contribution in [2.45, 2.75) is 115 Å². The van der Waals surface area contributed by atoms with E-state index in [1.54, 1.807) is 27.9 Å². The predicted molar refractivity (Wildman–Crippen MR) is 138 cm³/mol. The zero-order valence-electron chi connectivity index (χ0n) is 23.6. The van der Waals surface area contributed by atoms with E-state index < -0.39 is 53.7 Å². The van der Waals surface area contributed by atoms with Crippen LogP contribution in [0.15, 0.2) is 11.6 Å². The second-order valence-electron chi connectivity index (χ2n) is 11.2. The van der Waals surface area contributed by atoms with Gasteiger partial charge >= 0.3 is 5.97 Å². The first-order valence-corrected chi connectivity index (χ1v) is 13.8. The van der Waals surface area contributed by atoms with Crippen molar-refractivity contribution in [2.75, 3.05) is 20.8 Å². The molecule has 0 aromatic heterocycles.